The van der Waals surface area contributed by atoms with Gasteiger partial charge in [0.1, 0.15) is 0 Å². The second-order valence-corrected chi connectivity index (χ2v) is 4.10. The molecule has 0 saturated heterocycles. The monoisotopic (exact) mass is 155 g/mol. The summed E-state index contributed by atoms with van der Waals surface area (Å²) in [5.41, 5.74) is 6.01. The average Bonchev–Trinajstić information content (AvgIpc) is 2.03. The molecule has 0 radical (unpaired) electrons. The van der Waals surface area contributed by atoms with Crippen LogP contribution in [0.1, 0.15) is 46.0 Å². The molecule has 0 aliphatic heterocycles. The molecule has 0 aromatic heterocycles. The number of hydrogen-bond donors (Lipinski definition) is 1. The van der Waals surface area contributed by atoms with Gasteiger partial charge in [0, 0.05) is 6.04 Å². The van der Waals surface area contributed by atoms with E-state index in [0.717, 1.165) is 18.3 Å². The van der Waals surface area contributed by atoms with Crippen molar-refractivity contribution >= 4 is 0 Å². The lowest BCUT2D eigenvalue weighted by Gasteiger charge is -2.30. The Labute approximate surface area is 70.4 Å². The Morgan fingerprint density at radius 2 is 2.18 bits per heavy atom. The lowest BCUT2D eigenvalue weighted by Crippen LogP contribution is -2.32. The minimum Gasteiger partial charge on any atom is -0.327 e. The Morgan fingerprint density at radius 3 is 2.73 bits per heavy atom. The Kier molecular flexibility index (Phi) is 3.38. The van der Waals surface area contributed by atoms with Crippen LogP contribution in [0, 0.1) is 11.8 Å². The van der Waals surface area contributed by atoms with Crippen molar-refractivity contribution in [3.8, 4) is 0 Å². The van der Waals surface area contributed by atoms with Crippen molar-refractivity contribution < 1.29 is 0 Å². The molecule has 2 unspecified atom stereocenters. The minimum absolute atomic E-state index is 0.470. The zero-order chi connectivity index (χ0) is 8.27. The highest BCUT2D eigenvalue weighted by molar-refractivity contribution is 4.77. The van der Waals surface area contributed by atoms with Gasteiger partial charge in [-0.1, -0.05) is 26.7 Å². The molecule has 1 aliphatic carbocycles. The first-order valence-corrected chi connectivity index (χ1v) is 4.99. The van der Waals surface area contributed by atoms with Crippen LogP contribution in [0.15, 0.2) is 0 Å². The predicted octanol–water partition coefficient (Wildman–Crippen LogP) is 2.55. The Bertz CT molecular complexity index is 111. The Morgan fingerprint density at radius 1 is 1.45 bits per heavy atom. The van der Waals surface area contributed by atoms with Crippen molar-refractivity contribution in [1.29, 1.82) is 0 Å². The van der Waals surface area contributed by atoms with E-state index < -0.39 is 0 Å². The van der Waals surface area contributed by atoms with Gasteiger partial charge >= 0.3 is 0 Å². The molecular formula is C10H21N. The Hall–Kier alpha value is -0.0400. The maximum absolute atomic E-state index is 6.01. The van der Waals surface area contributed by atoms with E-state index in [4.69, 9.17) is 5.73 Å². The topological polar surface area (TPSA) is 26.0 Å². The molecule has 0 spiro atoms. The molecular weight excluding hydrogens is 134 g/mol. The van der Waals surface area contributed by atoms with Crippen LogP contribution >= 0.6 is 0 Å². The zero-order valence-electron chi connectivity index (χ0n) is 7.84. The third-order valence-corrected chi connectivity index (χ3v) is 3.05. The van der Waals surface area contributed by atoms with Crippen LogP contribution in [0.2, 0.25) is 0 Å². The van der Waals surface area contributed by atoms with Crippen LogP contribution < -0.4 is 5.73 Å². The van der Waals surface area contributed by atoms with Gasteiger partial charge < -0.3 is 5.73 Å². The normalized spacial score (nSPS) is 35.2. The highest BCUT2D eigenvalue weighted by Crippen LogP contribution is 2.30. The van der Waals surface area contributed by atoms with Crippen LogP contribution in [0.25, 0.3) is 0 Å². The third kappa shape index (κ3) is 2.48. The summed E-state index contributed by atoms with van der Waals surface area (Å²) in [4.78, 5) is 0. The lowest BCUT2D eigenvalue weighted by atomic mass is 9.78. The molecule has 0 heterocycles. The third-order valence-electron chi connectivity index (χ3n) is 3.05. The molecule has 1 heteroatoms. The van der Waals surface area contributed by atoms with Crippen molar-refractivity contribution in [3.63, 3.8) is 0 Å². The molecule has 0 amide bonds. The summed E-state index contributed by atoms with van der Waals surface area (Å²) in [6, 6.07) is 0.470. The second kappa shape index (κ2) is 4.10. The largest absolute Gasteiger partial charge is 0.327 e. The van der Waals surface area contributed by atoms with Gasteiger partial charge in [-0.2, -0.15) is 0 Å². The van der Waals surface area contributed by atoms with Gasteiger partial charge in [0.25, 0.3) is 0 Å². The van der Waals surface area contributed by atoms with Gasteiger partial charge in [0.15, 0.2) is 0 Å². The van der Waals surface area contributed by atoms with Crippen LogP contribution in [-0.2, 0) is 0 Å². The number of rotatable bonds is 2. The van der Waals surface area contributed by atoms with Gasteiger partial charge in [0.2, 0.25) is 0 Å². The van der Waals surface area contributed by atoms with Gasteiger partial charge in [-0.05, 0) is 31.1 Å². The first kappa shape index (κ1) is 9.05. The first-order valence-electron chi connectivity index (χ1n) is 4.99. The Balaban J connectivity index is 2.33. The highest BCUT2D eigenvalue weighted by Gasteiger charge is 2.22. The minimum atomic E-state index is 0.470. The molecule has 2 N–H and O–H groups in total. The van der Waals surface area contributed by atoms with Crippen molar-refractivity contribution in [3.05, 3.63) is 0 Å². The van der Waals surface area contributed by atoms with Crippen LogP contribution in [0.5, 0.6) is 0 Å². The van der Waals surface area contributed by atoms with E-state index in [1.54, 1.807) is 0 Å². The van der Waals surface area contributed by atoms with Gasteiger partial charge in [-0.15, -0.1) is 0 Å². The predicted molar refractivity (Wildman–Crippen MR) is 49.4 cm³/mol. The quantitative estimate of drug-likeness (QED) is 0.651. The van der Waals surface area contributed by atoms with Crippen molar-refractivity contribution in [2.75, 3.05) is 0 Å². The molecule has 11 heavy (non-hydrogen) atoms. The summed E-state index contributed by atoms with van der Waals surface area (Å²) in [5.74, 6) is 1.75. The van der Waals surface area contributed by atoms with Gasteiger partial charge in [0.05, 0.1) is 0 Å². The van der Waals surface area contributed by atoms with Crippen molar-refractivity contribution in [2.45, 2.75) is 52.0 Å². The SMILES string of the molecule is CC[C@H](N)C1CCCC(C)C1. The van der Waals surface area contributed by atoms with E-state index in [9.17, 15) is 0 Å². The van der Waals surface area contributed by atoms with E-state index in [0.29, 0.717) is 6.04 Å². The molecule has 1 saturated carbocycles. The highest BCUT2D eigenvalue weighted by atomic mass is 14.6. The summed E-state index contributed by atoms with van der Waals surface area (Å²) < 4.78 is 0. The molecule has 3 atom stereocenters. The van der Waals surface area contributed by atoms with E-state index in [1.165, 1.54) is 25.7 Å². The van der Waals surface area contributed by atoms with E-state index in [2.05, 4.69) is 13.8 Å². The summed E-state index contributed by atoms with van der Waals surface area (Å²) in [7, 11) is 0. The second-order valence-electron chi connectivity index (χ2n) is 4.10. The first-order chi connectivity index (χ1) is 5.24. The molecule has 1 fully saturated rings. The smallest absolute Gasteiger partial charge is 0.00646 e. The average molecular weight is 155 g/mol. The number of hydrogen-bond acceptors (Lipinski definition) is 1. The fraction of sp³-hybridized carbons (Fsp3) is 1.00. The molecule has 1 rings (SSSR count). The lowest BCUT2D eigenvalue weighted by molar-refractivity contribution is 0.243. The summed E-state index contributed by atoms with van der Waals surface area (Å²) in [6.07, 6.45) is 6.72. The molecule has 1 aliphatic rings. The fourth-order valence-corrected chi connectivity index (χ4v) is 2.20. The van der Waals surface area contributed by atoms with Crippen LogP contribution in [-0.4, -0.2) is 6.04 Å². The van der Waals surface area contributed by atoms with Crippen molar-refractivity contribution in [2.24, 2.45) is 17.6 Å². The van der Waals surface area contributed by atoms with Crippen LogP contribution in [0.3, 0.4) is 0 Å². The summed E-state index contributed by atoms with van der Waals surface area (Å²) in [6.45, 7) is 4.55. The molecule has 0 aromatic rings. The van der Waals surface area contributed by atoms with Gasteiger partial charge in [-0.3, -0.25) is 0 Å². The fourth-order valence-electron chi connectivity index (χ4n) is 2.20. The maximum atomic E-state index is 6.01. The molecule has 66 valence electrons. The maximum Gasteiger partial charge on any atom is 0.00646 e. The van der Waals surface area contributed by atoms with E-state index in [-0.39, 0.29) is 0 Å². The van der Waals surface area contributed by atoms with E-state index >= 15 is 0 Å². The molecule has 0 aromatic carbocycles. The zero-order valence-corrected chi connectivity index (χ0v) is 7.84. The van der Waals surface area contributed by atoms with Gasteiger partial charge in [-0.25, -0.2) is 0 Å². The molecule has 0 bridgehead atoms. The summed E-state index contributed by atoms with van der Waals surface area (Å²) >= 11 is 0. The molecule has 1 nitrogen and oxygen atoms in total. The number of nitrogens with two attached hydrogens (primary N) is 1. The van der Waals surface area contributed by atoms with E-state index in [1.807, 2.05) is 0 Å². The van der Waals surface area contributed by atoms with Crippen LogP contribution in [0.4, 0.5) is 0 Å². The van der Waals surface area contributed by atoms with Crippen molar-refractivity contribution in [1.82, 2.24) is 0 Å². The summed E-state index contributed by atoms with van der Waals surface area (Å²) in [5, 5.41) is 0. The standard InChI is InChI=1S/C10H21N/c1-3-10(11)9-6-4-5-8(2)7-9/h8-10H,3-7,11H2,1-2H3/t8?,9?,10-/m0/s1.